The molecule has 0 bridgehead atoms. The molecular weight excluding hydrogens is 526 g/mol. The van der Waals surface area contributed by atoms with Crippen LogP contribution in [0.1, 0.15) is 22.3 Å². The van der Waals surface area contributed by atoms with Crippen LogP contribution in [0.15, 0.2) is 116 Å². The van der Waals surface area contributed by atoms with Gasteiger partial charge in [0.05, 0.1) is 47.0 Å². The highest BCUT2D eigenvalue weighted by molar-refractivity contribution is 5.50. The Balaban J connectivity index is 1.22. The molecule has 1 aromatic heterocycles. The number of nitrogens with zero attached hydrogens (tertiary/aromatic N) is 3. The van der Waals surface area contributed by atoms with Crippen LogP contribution in [-0.2, 0) is 35.8 Å². The van der Waals surface area contributed by atoms with Crippen LogP contribution in [0.2, 0.25) is 0 Å². The van der Waals surface area contributed by atoms with Crippen LogP contribution in [-0.4, -0.2) is 37.0 Å². The van der Waals surface area contributed by atoms with Crippen LogP contribution in [0.3, 0.4) is 0 Å². The number of hydrogen-bond donors (Lipinski definition) is 0. The van der Waals surface area contributed by atoms with Crippen molar-refractivity contribution in [3.8, 4) is 17.2 Å². The van der Waals surface area contributed by atoms with Gasteiger partial charge < -0.3 is 28.4 Å². The molecule has 7 nitrogen and oxygen atoms in total. The number of imidazole rings is 1. The van der Waals surface area contributed by atoms with Crippen molar-refractivity contribution >= 4 is 5.69 Å². The van der Waals surface area contributed by atoms with Crippen LogP contribution in [0.5, 0.6) is 11.5 Å². The Labute approximate surface area is 247 Å². The minimum absolute atomic E-state index is 0.517. The molecule has 0 amide bonds. The van der Waals surface area contributed by atoms with Crippen molar-refractivity contribution in [1.29, 1.82) is 0 Å². The molecule has 0 unspecified atom stereocenters. The molecular formula is C35H37N3O4. The zero-order chi connectivity index (χ0) is 29.0. The van der Waals surface area contributed by atoms with Gasteiger partial charge in [-0.15, -0.1) is 0 Å². The monoisotopic (exact) mass is 563 g/mol. The lowest BCUT2D eigenvalue weighted by atomic mass is 10.1. The van der Waals surface area contributed by atoms with E-state index in [1.54, 1.807) is 20.4 Å². The minimum atomic E-state index is 0.517. The van der Waals surface area contributed by atoms with Gasteiger partial charge in [-0.25, -0.2) is 4.98 Å². The van der Waals surface area contributed by atoms with E-state index in [9.17, 15) is 0 Å². The predicted molar refractivity (Wildman–Crippen MR) is 165 cm³/mol. The minimum Gasteiger partial charge on any atom is -0.497 e. The third-order valence-corrected chi connectivity index (χ3v) is 6.94. The van der Waals surface area contributed by atoms with Gasteiger partial charge >= 0.3 is 0 Å². The Bertz CT molecular complexity index is 1520. The largest absolute Gasteiger partial charge is 0.497 e. The molecule has 0 N–H and O–H groups in total. The third kappa shape index (κ3) is 8.22. The Kier molecular flexibility index (Phi) is 10.2. The van der Waals surface area contributed by atoms with Crippen LogP contribution in [0.4, 0.5) is 5.69 Å². The summed E-state index contributed by atoms with van der Waals surface area (Å²) in [6.45, 7) is 3.58. The van der Waals surface area contributed by atoms with Gasteiger partial charge in [-0.1, -0.05) is 48.5 Å². The lowest BCUT2D eigenvalue weighted by Crippen LogP contribution is -2.22. The van der Waals surface area contributed by atoms with Gasteiger partial charge in [0.15, 0.2) is 0 Å². The molecule has 7 heteroatoms. The maximum absolute atomic E-state index is 5.96. The molecule has 0 spiro atoms. The van der Waals surface area contributed by atoms with Crippen molar-refractivity contribution in [1.82, 2.24) is 9.55 Å². The quantitative estimate of drug-likeness (QED) is 0.130. The predicted octanol–water partition coefficient (Wildman–Crippen LogP) is 6.83. The van der Waals surface area contributed by atoms with Crippen LogP contribution in [0.25, 0.3) is 5.69 Å². The molecule has 5 aromatic rings. The molecule has 0 saturated heterocycles. The molecule has 0 aliphatic heterocycles. The summed E-state index contributed by atoms with van der Waals surface area (Å²) in [6.07, 6.45) is 5.55. The lowest BCUT2D eigenvalue weighted by Gasteiger charge is -2.26. The molecule has 4 aromatic carbocycles. The fourth-order valence-electron chi connectivity index (χ4n) is 4.74. The van der Waals surface area contributed by atoms with Crippen molar-refractivity contribution in [2.75, 3.05) is 32.3 Å². The molecule has 0 atom stereocenters. The summed E-state index contributed by atoms with van der Waals surface area (Å²) in [5, 5.41) is 0. The van der Waals surface area contributed by atoms with E-state index in [-0.39, 0.29) is 0 Å². The van der Waals surface area contributed by atoms with E-state index in [1.165, 1.54) is 11.1 Å². The number of benzene rings is 4. The molecule has 0 radical (unpaired) electrons. The summed E-state index contributed by atoms with van der Waals surface area (Å²) in [5.41, 5.74) is 6.81. The number of rotatable bonds is 15. The number of methoxy groups -OCH3 is 2. The first-order valence-electron chi connectivity index (χ1n) is 14.0. The van der Waals surface area contributed by atoms with Crippen LogP contribution in [0, 0.1) is 0 Å². The zero-order valence-electron chi connectivity index (χ0n) is 24.2. The van der Waals surface area contributed by atoms with Gasteiger partial charge in [0.1, 0.15) is 11.5 Å². The van der Waals surface area contributed by atoms with Gasteiger partial charge in [-0.3, -0.25) is 0 Å². The first-order valence-corrected chi connectivity index (χ1v) is 14.0. The summed E-state index contributed by atoms with van der Waals surface area (Å²) >= 11 is 0. The maximum atomic E-state index is 5.96. The second-order valence-electron chi connectivity index (χ2n) is 9.97. The second kappa shape index (κ2) is 14.9. The standard InChI is InChI=1S/C35H37N3O4/c1-39-34-10-4-6-29(21-34)24-38(23-28-12-14-32(15-13-28)37-17-16-36-27-37)33-9-3-7-30(20-33)25-41-18-19-42-26-31-8-5-11-35(22-31)40-2/h3-17,20-22,27H,18-19,23-26H2,1-2H3. The highest BCUT2D eigenvalue weighted by Crippen LogP contribution is 2.24. The summed E-state index contributed by atoms with van der Waals surface area (Å²) in [6, 6.07) is 33.3. The van der Waals surface area contributed by atoms with E-state index in [0.717, 1.165) is 47.1 Å². The Morgan fingerprint density at radius 3 is 1.88 bits per heavy atom. The van der Waals surface area contributed by atoms with Gasteiger partial charge in [0.2, 0.25) is 0 Å². The molecule has 216 valence electrons. The summed E-state index contributed by atoms with van der Waals surface area (Å²) in [4.78, 5) is 6.53. The fraction of sp³-hybridized carbons (Fsp3) is 0.229. The molecule has 1 heterocycles. The smallest absolute Gasteiger partial charge is 0.119 e. The third-order valence-electron chi connectivity index (χ3n) is 6.94. The van der Waals surface area contributed by atoms with Gasteiger partial charge in [0, 0.05) is 36.9 Å². The Morgan fingerprint density at radius 1 is 0.643 bits per heavy atom. The average Bonchev–Trinajstić information content (AvgIpc) is 3.58. The molecule has 0 aliphatic rings. The van der Waals surface area contributed by atoms with E-state index >= 15 is 0 Å². The van der Waals surface area contributed by atoms with Gasteiger partial charge in [-0.2, -0.15) is 0 Å². The van der Waals surface area contributed by atoms with E-state index < -0.39 is 0 Å². The summed E-state index contributed by atoms with van der Waals surface area (Å²) in [5.74, 6) is 1.69. The highest BCUT2D eigenvalue weighted by atomic mass is 16.5. The topological polar surface area (TPSA) is 58.0 Å². The van der Waals surface area contributed by atoms with E-state index in [2.05, 4.69) is 70.5 Å². The Morgan fingerprint density at radius 2 is 1.24 bits per heavy atom. The number of hydrogen-bond acceptors (Lipinski definition) is 6. The highest BCUT2D eigenvalue weighted by Gasteiger charge is 2.11. The molecule has 5 rings (SSSR count). The second-order valence-corrected chi connectivity index (χ2v) is 9.97. The molecule has 0 aliphatic carbocycles. The summed E-state index contributed by atoms with van der Waals surface area (Å²) < 4.78 is 24.5. The Hall–Kier alpha value is -4.59. The van der Waals surface area contributed by atoms with Crippen molar-refractivity contribution in [2.45, 2.75) is 26.3 Å². The molecule has 42 heavy (non-hydrogen) atoms. The van der Waals surface area contributed by atoms with Crippen molar-refractivity contribution < 1.29 is 18.9 Å². The van der Waals surface area contributed by atoms with Gasteiger partial charge in [0.25, 0.3) is 0 Å². The molecule has 0 saturated carbocycles. The zero-order valence-corrected chi connectivity index (χ0v) is 24.2. The normalized spacial score (nSPS) is 10.9. The average molecular weight is 564 g/mol. The van der Waals surface area contributed by atoms with Crippen LogP contribution < -0.4 is 14.4 Å². The van der Waals surface area contributed by atoms with E-state index in [4.69, 9.17) is 18.9 Å². The van der Waals surface area contributed by atoms with E-state index in [1.807, 2.05) is 53.5 Å². The number of aromatic nitrogens is 2. The summed E-state index contributed by atoms with van der Waals surface area (Å²) in [7, 11) is 3.37. The van der Waals surface area contributed by atoms with Crippen LogP contribution >= 0.6 is 0 Å². The lowest BCUT2D eigenvalue weighted by molar-refractivity contribution is 0.0338. The first-order chi connectivity index (χ1) is 20.7. The van der Waals surface area contributed by atoms with E-state index in [0.29, 0.717) is 26.4 Å². The number of anilines is 1. The maximum Gasteiger partial charge on any atom is 0.119 e. The van der Waals surface area contributed by atoms with Crippen molar-refractivity contribution in [2.24, 2.45) is 0 Å². The fourth-order valence-corrected chi connectivity index (χ4v) is 4.74. The van der Waals surface area contributed by atoms with Crippen molar-refractivity contribution in [3.63, 3.8) is 0 Å². The molecule has 0 fully saturated rings. The SMILES string of the molecule is COc1cccc(COCCOCc2cccc(N(Cc3ccc(-n4ccnc4)cc3)Cc3cccc(OC)c3)c2)c1. The number of ether oxygens (including phenoxy) is 4. The first kappa shape index (κ1) is 28.9. The van der Waals surface area contributed by atoms with Crippen molar-refractivity contribution in [3.05, 3.63) is 138 Å². The van der Waals surface area contributed by atoms with Gasteiger partial charge in [-0.05, 0) is 70.8 Å².